The summed E-state index contributed by atoms with van der Waals surface area (Å²) in [7, 11) is 5.61. The van der Waals surface area contributed by atoms with Gasteiger partial charge in [0.1, 0.15) is 11.5 Å². The number of likely N-dealkylation sites (N-methyl/N-ethyl adjacent to an activating group) is 2. The summed E-state index contributed by atoms with van der Waals surface area (Å²) < 4.78 is 10.7. The van der Waals surface area contributed by atoms with Crippen LogP contribution < -0.4 is 14.8 Å². The second-order valence-electron chi connectivity index (χ2n) is 6.64. The van der Waals surface area contributed by atoms with Crippen molar-refractivity contribution in [1.29, 1.82) is 0 Å². The van der Waals surface area contributed by atoms with Gasteiger partial charge in [0.05, 0.1) is 37.5 Å². The number of likely N-dealkylation sites (tertiary alicyclic amines) is 1. The normalized spacial score (nSPS) is 23.9. The lowest BCUT2D eigenvalue weighted by atomic mass is 9.79. The molecule has 140 valence electrons. The van der Waals surface area contributed by atoms with Crippen molar-refractivity contribution in [3.63, 3.8) is 0 Å². The number of methoxy groups -OCH3 is 2. The topological polar surface area (TPSA) is 105 Å². The van der Waals surface area contributed by atoms with E-state index in [1.165, 1.54) is 28.3 Å². The average molecular weight is 371 g/mol. The molecule has 0 aliphatic carbocycles. The highest BCUT2D eigenvalue weighted by molar-refractivity contribution is 6.40. The molecule has 0 radical (unpaired) electrons. The maximum atomic E-state index is 13.0. The molecule has 0 bridgehead atoms. The molecule has 3 aliphatic rings. The highest BCUT2D eigenvalue weighted by Gasteiger charge is 2.61. The SMILES string of the molecule is COc1cc(OC)c2c(c1)C1=C(C(=O)N(C)C1=O)C1(CC(=O)N(C)C1=O)N2. The van der Waals surface area contributed by atoms with E-state index in [1.807, 2.05) is 0 Å². The van der Waals surface area contributed by atoms with Gasteiger partial charge in [-0.3, -0.25) is 29.0 Å². The Kier molecular flexibility index (Phi) is 3.36. The zero-order valence-electron chi connectivity index (χ0n) is 15.2. The Morgan fingerprint density at radius 2 is 1.70 bits per heavy atom. The molecular weight excluding hydrogens is 354 g/mol. The second kappa shape index (κ2) is 5.32. The molecule has 1 saturated heterocycles. The number of anilines is 1. The molecule has 0 saturated carbocycles. The first-order valence-corrected chi connectivity index (χ1v) is 8.19. The summed E-state index contributed by atoms with van der Waals surface area (Å²) in [6.07, 6.45) is -0.261. The van der Waals surface area contributed by atoms with Crippen LogP contribution in [0.3, 0.4) is 0 Å². The van der Waals surface area contributed by atoms with Crippen LogP contribution in [-0.4, -0.2) is 67.3 Å². The van der Waals surface area contributed by atoms with Gasteiger partial charge in [-0.2, -0.15) is 0 Å². The molecule has 1 aromatic carbocycles. The molecule has 3 aliphatic heterocycles. The van der Waals surface area contributed by atoms with Crippen molar-refractivity contribution in [3.8, 4) is 11.5 Å². The second-order valence-corrected chi connectivity index (χ2v) is 6.64. The number of nitrogens with one attached hydrogen (secondary N) is 1. The van der Waals surface area contributed by atoms with E-state index in [0.717, 1.165) is 9.80 Å². The van der Waals surface area contributed by atoms with Gasteiger partial charge in [-0.1, -0.05) is 0 Å². The molecule has 1 aromatic rings. The molecule has 4 rings (SSSR count). The molecule has 4 amide bonds. The van der Waals surface area contributed by atoms with Crippen LogP contribution in [-0.2, 0) is 19.2 Å². The zero-order chi connectivity index (χ0) is 19.7. The first kappa shape index (κ1) is 17.1. The average Bonchev–Trinajstić information content (AvgIpc) is 3.02. The van der Waals surface area contributed by atoms with Crippen molar-refractivity contribution in [2.45, 2.75) is 12.0 Å². The smallest absolute Gasteiger partial charge is 0.261 e. The van der Waals surface area contributed by atoms with Gasteiger partial charge in [0.2, 0.25) is 5.91 Å². The fraction of sp³-hybridized carbons (Fsp3) is 0.333. The predicted molar refractivity (Wildman–Crippen MR) is 93.0 cm³/mol. The Morgan fingerprint density at radius 3 is 2.26 bits per heavy atom. The number of amides is 4. The standard InChI is InChI=1S/C18H17N3O6/c1-20-11(22)7-18(17(20)25)13-12(15(23)21(2)16(13)24)9-5-8(26-3)6-10(27-4)14(9)19-18/h5-6,19H,7H2,1-4H3. The number of fused-ring (bicyclic) bond motifs is 3. The van der Waals surface area contributed by atoms with Crippen molar-refractivity contribution < 1.29 is 28.7 Å². The Hall–Kier alpha value is -3.36. The van der Waals surface area contributed by atoms with E-state index >= 15 is 0 Å². The zero-order valence-corrected chi connectivity index (χ0v) is 15.2. The van der Waals surface area contributed by atoms with Gasteiger partial charge >= 0.3 is 0 Å². The van der Waals surface area contributed by atoms with E-state index in [2.05, 4.69) is 5.32 Å². The number of ether oxygens (including phenoxy) is 2. The molecule has 9 nitrogen and oxygen atoms in total. The molecule has 1 atom stereocenters. The molecule has 3 heterocycles. The van der Waals surface area contributed by atoms with Crippen molar-refractivity contribution in [2.75, 3.05) is 33.6 Å². The lowest BCUT2D eigenvalue weighted by Crippen LogP contribution is -2.51. The van der Waals surface area contributed by atoms with Crippen molar-refractivity contribution in [3.05, 3.63) is 23.3 Å². The quantitative estimate of drug-likeness (QED) is 0.730. The Morgan fingerprint density at radius 1 is 1.00 bits per heavy atom. The van der Waals surface area contributed by atoms with Crippen LogP contribution in [0.1, 0.15) is 12.0 Å². The van der Waals surface area contributed by atoms with E-state index < -0.39 is 29.2 Å². The molecule has 27 heavy (non-hydrogen) atoms. The van der Waals surface area contributed by atoms with Gasteiger partial charge in [-0.15, -0.1) is 0 Å². The highest BCUT2D eigenvalue weighted by Crippen LogP contribution is 2.51. The van der Waals surface area contributed by atoms with Crippen molar-refractivity contribution in [1.82, 2.24) is 9.80 Å². The van der Waals surface area contributed by atoms with Crippen LogP contribution in [0.4, 0.5) is 5.69 Å². The number of nitrogens with zero attached hydrogens (tertiary/aromatic N) is 2. The number of carbonyl (C=O) groups is 4. The Labute approximate surface area is 154 Å². The summed E-state index contributed by atoms with van der Waals surface area (Å²) >= 11 is 0. The van der Waals surface area contributed by atoms with Crippen molar-refractivity contribution in [2.24, 2.45) is 0 Å². The Bertz CT molecular complexity index is 982. The molecule has 0 aromatic heterocycles. The third kappa shape index (κ3) is 1.93. The maximum Gasteiger partial charge on any atom is 0.261 e. The van der Waals surface area contributed by atoms with E-state index in [4.69, 9.17) is 9.47 Å². The van der Waals surface area contributed by atoms with Crippen LogP contribution in [0.5, 0.6) is 11.5 Å². The summed E-state index contributed by atoms with van der Waals surface area (Å²) in [5, 5.41) is 3.05. The summed E-state index contributed by atoms with van der Waals surface area (Å²) in [5.74, 6) is -1.41. The molecule has 9 heteroatoms. The van der Waals surface area contributed by atoms with E-state index in [9.17, 15) is 19.2 Å². The fourth-order valence-corrected chi connectivity index (χ4v) is 3.87. The van der Waals surface area contributed by atoms with Crippen LogP contribution in [0.2, 0.25) is 0 Å². The van der Waals surface area contributed by atoms with Crippen LogP contribution >= 0.6 is 0 Å². The lowest BCUT2D eigenvalue weighted by Gasteiger charge is -2.35. The first-order chi connectivity index (χ1) is 12.8. The van der Waals surface area contributed by atoms with Crippen molar-refractivity contribution >= 4 is 34.9 Å². The van der Waals surface area contributed by atoms with Crippen LogP contribution in [0.25, 0.3) is 5.57 Å². The highest BCUT2D eigenvalue weighted by atomic mass is 16.5. The van der Waals surface area contributed by atoms with Gasteiger partial charge in [-0.05, 0) is 6.07 Å². The van der Waals surface area contributed by atoms with Gasteiger partial charge in [0, 0.05) is 25.7 Å². The monoisotopic (exact) mass is 371 g/mol. The molecule has 1 unspecified atom stereocenters. The van der Waals surface area contributed by atoms with E-state index in [0.29, 0.717) is 22.7 Å². The summed E-state index contributed by atoms with van der Waals surface area (Å²) in [6.45, 7) is 0. The van der Waals surface area contributed by atoms with E-state index in [1.54, 1.807) is 12.1 Å². The van der Waals surface area contributed by atoms with Crippen LogP contribution in [0, 0.1) is 0 Å². The fourth-order valence-electron chi connectivity index (χ4n) is 3.87. The third-order valence-corrected chi connectivity index (χ3v) is 5.31. The number of carbonyl (C=O) groups excluding carboxylic acids is 4. The lowest BCUT2D eigenvalue weighted by molar-refractivity contribution is -0.139. The first-order valence-electron chi connectivity index (χ1n) is 8.19. The minimum absolute atomic E-state index is 0.0134. The number of hydrogen-bond donors (Lipinski definition) is 1. The molecule has 1 fully saturated rings. The van der Waals surface area contributed by atoms with Crippen LogP contribution in [0.15, 0.2) is 17.7 Å². The number of imide groups is 2. The summed E-state index contributed by atoms with van der Waals surface area (Å²) in [6, 6.07) is 3.20. The maximum absolute atomic E-state index is 13.0. The largest absolute Gasteiger partial charge is 0.497 e. The van der Waals surface area contributed by atoms with Gasteiger partial charge in [-0.25, -0.2) is 0 Å². The molecule has 1 N–H and O–H groups in total. The van der Waals surface area contributed by atoms with Gasteiger partial charge < -0.3 is 14.8 Å². The third-order valence-electron chi connectivity index (χ3n) is 5.31. The number of rotatable bonds is 2. The Balaban J connectivity index is 2.08. The number of hydrogen-bond acceptors (Lipinski definition) is 7. The number of benzene rings is 1. The summed E-state index contributed by atoms with van der Waals surface area (Å²) in [4.78, 5) is 52.9. The van der Waals surface area contributed by atoms with Gasteiger partial charge in [0.15, 0.2) is 5.54 Å². The molecule has 1 spiro atoms. The summed E-state index contributed by atoms with van der Waals surface area (Å²) in [5.41, 5.74) is -0.798. The molecular formula is C18H17N3O6. The predicted octanol–water partition coefficient (Wildman–Crippen LogP) is 0.00900. The van der Waals surface area contributed by atoms with Gasteiger partial charge in [0.25, 0.3) is 17.7 Å². The minimum Gasteiger partial charge on any atom is -0.497 e. The minimum atomic E-state index is -1.63. The van der Waals surface area contributed by atoms with E-state index in [-0.39, 0.29) is 17.6 Å².